The topological polar surface area (TPSA) is 33.4 Å². The number of aryl methyl sites for hydroxylation is 1. The number of benzene rings is 1. The summed E-state index contributed by atoms with van der Waals surface area (Å²) < 4.78 is 5.37. The molecule has 15 heavy (non-hydrogen) atoms. The zero-order chi connectivity index (χ0) is 10.7. The van der Waals surface area contributed by atoms with Crippen LogP contribution in [0, 0.1) is 6.92 Å². The number of aliphatic hydroxyl groups is 1. The van der Waals surface area contributed by atoms with E-state index >= 15 is 0 Å². The third-order valence-corrected chi connectivity index (χ3v) is 2.36. The van der Waals surface area contributed by atoms with E-state index in [1.54, 1.807) is 0 Å². The molecule has 0 radical (unpaired) electrons. The minimum atomic E-state index is -0.555. The predicted octanol–water partition coefficient (Wildman–Crippen LogP) is 2.86. The maximum absolute atomic E-state index is 9.89. The quantitative estimate of drug-likeness (QED) is 0.830. The van der Waals surface area contributed by atoms with Gasteiger partial charge < -0.3 is 9.52 Å². The van der Waals surface area contributed by atoms with Crippen LogP contribution in [0.4, 0.5) is 0 Å². The molecule has 1 N–H and O–H groups in total. The van der Waals surface area contributed by atoms with E-state index in [-0.39, 0.29) is 0 Å². The molecule has 0 fully saturated rings. The van der Waals surface area contributed by atoms with Crippen LogP contribution in [0.2, 0.25) is 0 Å². The van der Waals surface area contributed by atoms with Crippen LogP contribution in [0.15, 0.2) is 46.9 Å². The molecule has 0 saturated heterocycles. The molecule has 2 nitrogen and oxygen atoms in total. The minimum Gasteiger partial charge on any atom is -0.464 e. The Bertz CT molecular complexity index is 417. The van der Waals surface area contributed by atoms with Gasteiger partial charge in [0.15, 0.2) is 0 Å². The highest BCUT2D eigenvalue weighted by molar-refractivity contribution is 5.18. The first kappa shape index (κ1) is 9.99. The Balaban J connectivity index is 2.07. The second-order valence-electron chi connectivity index (χ2n) is 3.65. The highest BCUT2D eigenvalue weighted by Crippen LogP contribution is 2.20. The van der Waals surface area contributed by atoms with Crippen LogP contribution >= 0.6 is 0 Å². The SMILES string of the molecule is Cc1ccc(C(O)Cc2ccccc2)o1. The van der Waals surface area contributed by atoms with Crippen LogP contribution in [0.25, 0.3) is 0 Å². The molecule has 0 aliphatic carbocycles. The van der Waals surface area contributed by atoms with Gasteiger partial charge in [0, 0.05) is 6.42 Å². The summed E-state index contributed by atoms with van der Waals surface area (Å²) in [6.07, 6.45) is 0.0365. The van der Waals surface area contributed by atoms with Crippen molar-refractivity contribution in [1.29, 1.82) is 0 Å². The van der Waals surface area contributed by atoms with Crippen LogP contribution in [0.5, 0.6) is 0 Å². The summed E-state index contributed by atoms with van der Waals surface area (Å²) in [5.41, 5.74) is 1.11. The highest BCUT2D eigenvalue weighted by atomic mass is 16.4. The average molecular weight is 202 g/mol. The van der Waals surface area contributed by atoms with E-state index in [2.05, 4.69) is 0 Å². The summed E-state index contributed by atoms with van der Waals surface area (Å²) in [6, 6.07) is 13.6. The standard InChI is InChI=1S/C13H14O2/c1-10-7-8-13(15-10)12(14)9-11-5-3-2-4-6-11/h2-8,12,14H,9H2,1H3. The van der Waals surface area contributed by atoms with Crippen LogP contribution in [0.1, 0.15) is 23.2 Å². The molecule has 2 heteroatoms. The van der Waals surface area contributed by atoms with Crippen molar-refractivity contribution in [3.8, 4) is 0 Å². The summed E-state index contributed by atoms with van der Waals surface area (Å²) >= 11 is 0. The summed E-state index contributed by atoms with van der Waals surface area (Å²) in [4.78, 5) is 0. The monoisotopic (exact) mass is 202 g/mol. The van der Waals surface area contributed by atoms with Crippen molar-refractivity contribution >= 4 is 0 Å². The van der Waals surface area contributed by atoms with Crippen molar-refractivity contribution in [2.24, 2.45) is 0 Å². The number of rotatable bonds is 3. The first-order valence-electron chi connectivity index (χ1n) is 5.04. The third kappa shape index (κ3) is 2.48. The van der Waals surface area contributed by atoms with Gasteiger partial charge >= 0.3 is 0 Å². The number of furan rings is 1. The van der Waals surface area contributed by atoms with Crippen LogP contribution in [0.3, 0.4) is 0 Å². The molecule has 0 aliphatic heterocycles. The lowest BCUT2D eigenvalue weighted by Gasteiger charge is -2.07. The van der Waals surface area contributed by atoms with E-state index in [1.807, 2.05) is 49.4 Å². The second-order valence-corrected chi connectivity index (χ2v) is 3.65. The molecule has 1 heterocycles. The fourth-order valence-corrected chi connectivity index (χ4v) is 1.57. The fourth-order valence-electron chi connectivity index (χ4n) is 1.57. The molecule has 0 saturated carbocycles. The van der Waals surface area contributed by atoms with E-state index in [4.69, 9.17) is 4.42 Å². The maximum Gasteiger partial charge on any atom is 0.132 e. The first-order valence-corrected chi connectivity index (χ1v) is 5.04. The zero-order valence-corrected chi connectivity index (χ0v) is 8.68. The van der Waals surface area contributed by atoms with Crippen LogP contribution < -0.4 is 0 Å². The molecule has 1 aromatic heterocycles. The Morgan fingerprint density at radius 3 is 2.47 bits per heavy atom. The van der Waals surface area contributed by atoms with E-state index in [9.17, 15) is 5.11 Å². The Hall–Kier alpha value is -1.54. The molecule has 0 aliphatic rings. The van der Waals surface area contributed by atoms with Gasteiger partial charge in [-0.15, -0.1) is 0 Å². The van der Waals surface area contributed by atoms with E-state index in [0.717, 1.165) is 11.3 Å². The van der Waals surface area contributed by atoms with E-state index < -0.39 is 6.10 Å². The number of hydrogen-bond donors (Lipinski definition) is 1. The van der Waals surface area contributed by atoms with Gasteiger partial charge in [0.05, 0.1) is 0 Å². The lowest BCUT2D eigenvalue weighted by Crippen LogP contribution is -1.99. The smallest absolute Gasteiger partial charge is 0.132 e. The number of aliphatic hydroxyl groups excluding tert-OH is 1. The summed E-state index contributed by atoms with van der Waals surface area (Å²) in [5, 5.41) is 9.89. The molecule has 0 amide bonds. The molecule has 78 valence electrons. The molecule has 0 spiro atoms. The largest absolute Gasteiger partial charge is 0.464 e. The highest BCUT2D eigenvalue weighted by Gasteiger charge is 2.11. The van der Waals surface area contributed by atoms with Gasteiger partial charge in [-0.25, -0.2) is 0 Å². The van der Waals surface area contributed by atoms with Gasteiger partial charge in [-0.2, -0.15) is 0 Å². The second kappa shape index (κ2) is 4.32. The Morgan fingerprint density at radius 2 is 1.87 bits per heavy atom. The van der Waals surface area contributed by atoms with Crippen molar-refractivity contribution in [1.82, 2.24) is 0 Å². The van der Waals surface area contributed by atoms with Crippen molar-refractivity contribution < 1.29 is 9.52 Å². The van der Waals surface area contributed by atoms with Gasteiger partial charge in [-0.3, -0.25) is 0 Å². The zero-order valence-electron chi connectivity index (χ0n) is 8.68. The Morgan fingerprint density at radius 1 is 1.13 bits per heavy atom. The molecule has 1 aromatic carbocycles. The summed E-state index contributed by atoms with van der Waals surface area (Å²) in [6.45, 7) is 1.87. The lowest BCUT2D eigenvalue weighted by atomic mass is 10.1. The molecular weight excluding hydrogens is 188 g/mol. The maximum atomic E-state index is 9.89. The van der Waals surface area contributed by atoms with E-state index in [1.165, 1.54) is 0 Å². The molecule has 0 bridgehead atoms. The molecule has 2 rings (SSSR count). The van der Waals surface area contributed by atoms with Gasteiger partial charge in [-0.1, -0.05) is 30.3 Å². The third-order valence-electron chi connectivity index (χ3n) is 2.36. The lowest BCUT2D eigenvalue weighted by molar-refractivity contribution is 0.149. The normalized spacial score (nSPS) is 12.7. The van der Waals surface area contributed by atoms with Crippen LogP contribution in [-0.2, 0) is 6.42 Å². The molecule has 1 atom stereocenters. The van der Waals surface area contributed by atoms with Crippen molar-refractivity contribution in [2.75, 3.05) is 0 Å². The van der Waals surface area contributed by atoms with Gasteiger partial charge in [0.1, 0.15) is 17.6 Å². The number of hydrogen-bond acceptors (Lipinski definition) is 2. The Labute approximate surface area is 89.2 Å². The minimum absolute atomic E-state index is 0.555. The van der Waals surface area contributed by atoms with Crippen LogP contribution in [-0.4, -0.2) is 5.11 Å². The average Bonchev–Trinajstić information content (AvgIpc) is 2.66. The van der Waals surface area contributed by atoms with Crippen molar-refractivity contribution in [2.45, 2.75) is 19.4 Å². The van der Waals surface area contributed by atoms with Gasteiger partial charge in [0.25, 0.3) is 0 Å². The van der Waals surface area contributed by atoms with Crippen molar-refractivity contribution in [3.63, 3.8) is 0 Å². The van der Waals surface area contributed by atoms with Crippen molar-refractivity contribution in [3.05, 3.63) is 59.5 Å². The molecular formula is C13H14O2. The Kier molecular flexibility index (Phi) is 2.88. The summed E-state index contributed by atoms with van der Waals surface area (Å²) in [5.74, 6) is 1.47. The molecule has 1 unspecified atom stereocenters. The van der Waals surface area contributed by atoms with Gasteiger partial charge in [0.2, 0.25) is 0 Å². The molecule has 2 aromatic rings. The first-order chi connectivity index (χ1) is 7.25. The summed E-state index contributed by atoms with van der Waals surface area (Å²) in [7, 11) is 0. The fraction of sp³-hybridized carbons (Fsp3) is 0.231. The van der Waals surface area contributed by atoms with Gasteiger partial charge in [-0.05, 0) is 24.6 Å². The van der Waals surface area contributed by atoms with E-state index in [0.29, 0.717) is 12.2 Å². The predicted molar refractivity (Wildman–Crippen MR) is 58.6 cm³/mol.